The summed E-state index contributed by atoms with van der Waals surface area (Å²) in [5.41, 5.74) is 2.26. The Balaban J connectivity index is 2.25. The van der Waals surface area contributed by atoms with Gasteiger partial charge in [-0.25, -0.2) is 0 Å². The summed E-state index contributed by atoms with van der Waals surface area (Å²) in [6.07, 6.45) is 1.62. The quantitative estimate of drug-likeness (QED) is 0.622. The molecule has 3 rings (SSSR count). The van der Waals surface area contributed by atoms with Crippen LogP contribution in [-0.2, 0) is 0 Å². The second-order valence-corrected chi connectivity index (χ2v) is 5.74. The third-order valence-corrected chi connectivity index (χ3v) is 4.21. The smallest absolute Gasteiger partial charge is 0.207 e. The standard InChI is InChI=1S/C19H18ClNO5/c1-22-15-9-13(17(23-2)19(25-4)18(15)24-3)14-10-21-26-16(14)11-5-7-12(20)8-6-11/h5-10H,1-4H3. The SMILES string of the molecule is COc1cc(-c2cnoc2-c2ccc(Cl)cc2)c(OC)c(OC)c1OC. The molecule has 0 bridgehead atoms. The Labute approximate surface area is 156 Å². The monoisotopic (exact) mass is 375 g/mol. The Hall–Kier alpha value is -2.86. The lowest BCUT2D eigenvalue weighted by Gasteiger charge is -2.18. The van der Waals surface area contributed by atoms with Crippen LogP contribution in [0.1, 0.15) is 0 Å². The van der Waals surface area contributed by atoms with E-state index in [0.717, 1.165) is 11.1 Å². The molecule has 0 aliphatic rings. The predicted molar refractivity (Wildman–Crippen MR) is 98.6 cm³/mol. The third kappa shape index (κ3) is 3.04. The topological polar surface area (TPSA) is 63.0 Å². The van der Waals surface area contributed by atoms with Crippen LogP contribution < -0.4 is 18.9 Å². The number of ether oxygens (including phenoxy) is 4. The molecule has 0 radical (unpaired) electrons. The van der Waals surface area contributed by atoms with Gasteiger partial charge in [0.15, 0.2) is 17.3 Å². The fraction of sp³-hybridized carbons (Fsp3) is 0.211. The molecule has 6 nitrogen and oxygen atoms in total. The molecule has 1 heterocycles. The van der Waals surface area contributed by atoms with E-state index in [2.05, 4.69) is 5.16 Å². The maximum Gasteiger partial charge on any atom is 0.207 e. The van der Waals surface area contributed by atoms with Crippen LogP contribution in [0, 0.1) is 0 Å². The lowest BCUT2D eigenvalue weighted by atomic mass is 10.0. The zero-order valence-corrected chi connectivity index (χ0v) is 15.6. The van der Waals surface area contributed by atoms with Crippen LogP contribution >= 0.6 is 11.6 Å². The predicted octanol–water partition coefficient (Wildman–Crippen LogP) is 4.70. The summed E-state index contributed by atoms with van der Waals surface area (Å²) in [5, 5.41) is 4.59. The molecule has 0 aliphatic carbocycles. The van der Waals surface area contributed by atoms with Crippen molar-refractivity contribution in [3.05, 3.63) is 41.6 Å². The van der Waals surface area contributed by atoms with Crippen molar-refractivity contribution in [2.75, 3.05) is 28.4 Å². The summed E-state index contributed by atoms with van der Waals surface area (Å²) >= 11 is 5.98. The highest BCUT2D eigenvalue weighted by Gasteiger charge is 2.25. The molecule has 0 unspecified atom stereocenters. The summed E-state index contributed by atoms with van der Waals surface area (Å²) in [4.78, 5) is 0. The fourth-order valence-electron chi connectivity index (χ4n) is 2.77. The van der Waals surface area contributed by atoms with E-state index in [1.807, 2.05) is 12.1 Å². The van der Waals surface area contributed by atoms with Crippen molar-refractivity contribution in [1.82, 2.24) is 5.16 Å². The molecular weight excluding hydrogens is 358 g/mol. The van der Waals surface area contributed by atoms with Crippen molar-refractivity contribution >= 4 is 11.6 Å². The number of hydrogen-bond donors (Lipinski definition) is 0. The zero-order valence-electron chi connectivity index (χ0n) is 14.8. The van der Waals surface area contributed by atoms with Gasteiger partial charge in [0, 0.05) is 16.1 Å². The molecule has 0 amide bonds. The van der Waals surface area contributed by atoms with Gasteiger partial charge in [-0.05, 0) is 30.3 Å². The van der Waals surface area contributed by atoms with Crippen molar-refractivity contribution in [2.24, 2.45) is 0 Å². The third-order valence-electron chi connectivity index (χ3n) is 3.96. The minimum Gasteiger partial charge on any atom is -0.493 e. The Kier molecular flexibility index (Phi) is 5.23. The normalized spacial score (nSPS) is 10.5. The molecule has 1 aromatic heterocycles. The molecule has 0 fully saturated rings. The van der Waals surface area contributed by atoms with Gasteiger partial charge in [-0.1, -0.05) is 16.8 Å². The van der Waals surface area contributed by atoms with Gasteiger partial charge in [0.25, 0.3) is 0 Å². The first-order chi connectivity index (χ1) is 12.6. The summed E-state index contributed by atoms with van der Waals surface area (Å²) in [6.45, 7) is 0. The number of benzene rings is 2. The number of aromatic nitrogens is 1. The summed E-state index contributed by atoms with van der Waals surface area (Å²) < 4.78 is 27.4. The Bertz CT molecular complexity index is 905. The maximum atomic E-state index is 5.98. The second-order valence-electron chi connectivity index (χ2n) is 5.30. The lowest BCUT2D eigenvalue weighted by Crippen LogP contribution is -2.00. The maximum absolute atomic E-state index is 5.98. The number of methoxy groups -OCH3 is 4. The minimum absolute atomic E-state index is 0.424. The molecule has 0 aliphatic heterocycles. The largest absolute Gasteiger partial charge is 0.493 e. The number of halogens is 1. The first kappa shape index (κ1) is 17.9. The Morgan fingerprint density at radius 2 is 1.46 bits per heavy atom. The highest BCUT2D eigenvalue weighted by atomic mass is 35.5. The van der Waals surface area contributed by atoms with Gasteiger partial charge >= 0.3 is 0 Å². The van der Waals surface area contributed by atoms with Crippen LogP contribution in [0.4, 0.5) is 0 Å². The minimum atomic E-state index is 0.424. The molecule has 0 saturated heterocycles. The van der Waals surface area contributed by atoms with E-state index in [1.165, 1.54) is 14.2 Å². The van der Waals surface area contributed by atoms with Gasteiger partial charge in [0.1, 0.15) is 0 Å². The van der Waals surface area contributed by atoms with Crippen LogP contribution in [-0.4, -0.2) is 33.6 Å². The average molecular weight is 376 g/mol. The molecule has 0 saturated carbocycles. The van der Waals surface area contributed by atoms with Gasteiger partial charge in [-0.15, -0.1) is 0 Å². The second kappa shape index (κ2) is 7.58. The molecule has 26 heavy (non-hydrogen) atoms. The molecule has 2 aromatic carbocycles. The zero-order chi connectivity index (χ0) is 18.7. The molecule has 136 valence electrons. The van der Waals surface area contributed by atoms with Crippen molar-refractivity contribution in [2.45, 2.75) is 0 Å². The van der Waals surface area contributed by atoms with Crippen LogP contribution in [0.25, 0.3) is 22.5 Å². The van der Waals surface area contributed by atoms with E-state index in [-0.39, 0.29) is 0 Å². The van der Waals surface area contributed by atoms with Crippen molar-refractivity contribution in [3.63, 3.8) is 0 Å². The Morgan fingerprint density at radius 1 is 0.808 bits per heavy atom. The molecule has 7 heteroatoms. The first-order valence-corrected chi connectivity index (χ1v) is 8.10. The van der Waals surface area contributed by atoms with E-state index < -0.39 is 0 Å². The Morgan fingerprint density at radius 3 is 2.04 bits per heavy atom. The number of hydrogen-bond acceptors (Lipinski definition) is 6. The summed E-state index contributed by atoms with van der Waals surface area (Å²) in [7, 11) is 6.19. The van der Waals surface area contributed by atoms with Crippen LogP contribution in [0.2, 0.25) is 5.02 Å². The van der Waals surface area contributed by atoms with Crippen molar-refractivity contribution in [3.8, 4) is 45.4 Å². The van der Waals surface area contributed by atoms with Gasteiger partial charge in [0.2, 0.25) is 11.5 Å². The molecule has 0 atom stereocenters. The number of nitrogens with zero attached hydrogens (tertiary/aromatic N) is 1. The first-order valence-electron chi connectivity index (χ1n) is 7.72. The van der Waals surface area contributed by atoms with Crippen LogP contribution in [0.3, 0.4) is 0 Å². The molecular formula is C19H18ClNO5. The van der Waals surface area contributed by atoms with Gasteiger partial charge in [-0.2, -0.15) is 0 Å². The van der Waals surface area contributed by atoms with Crippen molar-refractivity contribution < 1.29 is 23.5 Å². The van der Waals surface area contributed by atoms with E-state index in [9.17, 15) is 0 Å². The molecule has 0 N–H and O–H groups in total. The highest BCUT2D eigenvalue weighted by Crippen LogP contribution is 2.51. The summed E-state index contributed by atoms with van der Waals surface area (Å²) in [6, 6.07) is 9.09. The van der Waals surface area contributed by atoms with Crippen LogP contribution in [0.5, 0.6) is 23.0 Å². The van der Waals surface area contributed by atoms with E-state index in [4.69, 9.17) is 35.1 Å². The highest BCUT2D eigenvalue weighted by molar-refractivity contribution is 6.30. The fourth-order valence-corrected chi connectivity index (χ4v) is 2.90. The van der Waals surface area contributed by atoms with Crippen molar-refractivity contribution in [1.29, 1.82) is 0 Å². The van der Waals surface area contributed by atoms with E-state index in [0.29, 0.717) is 39.3 Å². The average Bonchev–Trinajstić information content (AvgIpc) is 3.16. The van der Waals surface area contributed by atoms with E-state index in [1.54, 1.807) is 38.6 Å². The van der Waals surface area contributed by atoms with Gasteiger partial charge < -0.3 is 23.5 Å². The number of rotatable bonds is 6. The lowest BCUT2D eigenvalue weighted by molar-refractivity contribution is 0.306. The van der Waals surface area contributed by atoms with Crippen LogP contribution in [0.15, 0.2) is 41.1 Å². The summed E-state index contributed by atoms with van der Waals surface area (Å²) in [5.74, 6) is 2.44. The molecule has 3 aromatic rings. The van der Waals surface area contributed by atoms with E-state index >= 15 is 0 Å². The van der Waals surface area contributed by atoms with Gasteiger partial charge in [0.05, 0.1) is 40.2 Å². The van der Waals surface area contributed by atoms with Gasteiger partial charge in [-0.3, -0.25) is 0 Å². The molecule has 0 spiro atoms.